The number of nitrogens with one attached hydrogen (secondary N) is 1. The quantitative estimate of drug-likeness (QED) is 0.574. The molecule has 4 fully saturated rings. The van der Waals surface area contributed by atoms with Crippen LogP contribution in [0.2, 0.25) is 0 Å². The molecule has 0 spiro atoms. The first kappa shape index (κ1) is 23.7. The topological polar surface area (TPSA) is 82.5 Å². The molecule has 1 amide bonds. The van der Waals surface area contributed by atoms with Crippen LogP contribution in [0.5, 0.6) is 0 Å². The monoisotopic (exact) mass is 474 g/mol. The largest absolute Gasteiger partial charge is 0.393 e. The molecule has 10 atom stereocenters. The van der Waals surface area contributed by atoms with E-state index in [9.17, 15) is 15.0 Å². The third-order valence-corrected chi connectivity index (χ3v) is 11.6. The normalized spacial score (nSPS) is 45.5. The Labute approximate surface area is 202 Å². The van der Waals surface area contributed by atoms with E-state index in [4.69, 9.17) is 0 Å². The first-order valence-electron chi connectivity index (χ1n) is 13.2. The number of amides is 1. The second-order valence-corrected chi connectivity index (χ2v) is 13.3. The van der Waals surface area contributed by atoms with Crippen molar-refractivity contribution in [2.45, 2.75) is 97.3 Å². The summed E-state index contributed by atoms with van der Waals surface area (Å²) >= 11 is 1.58. The minimum absolute atomic E-state index is 0.132. The van der Waals surface area contributed by atoms with Crippen LogP contribution in [0.15, 0.2) is 11.6 Å². The van der Waals surface area contributed by atoms with Crippen molar-refractivity contribution in [2.24, 2.45) is 46.3 Å². The number of aromatic nitrogens is 1. The van der Waals surface area contributed by atoms with Crippen molar-refractivity contribution in [3.63, 3.8) is 0 Å². The number of carbonyl (C=O) groups is 1. The molecule has 0 bridgehead atoms. The zero-order valence-corrected chi connectivity index (χ0v) is 21.3. The van der Waals surface area contributed by atoms with Gasteiger partial charge in [-0.2, -0.15) is 0 Å². The summed E-state index contributed by atoms with van der Waals surface area (Å²) in [4.78, 5) is 16.9. The number of thiazole rings is 1. The van der Waals surface area contributed by atoms with E-state index in [1.807, 2.05) is 5.38 Å². The Kier molecular flexibility index (Phi) is 6.41. The average molecular weight is 475 g/mol. The van der Waals surface area contributed by atoms with Gasteiger partial charge in [-0.05, 0) is 97.7 Å². The maximum Gasteiger partial charge on any atom is 0.220 e. The van der Waals surface area contributed by atoms with E-state index in [0.717, 1.165) is 30.7 Å². The van der Waals surface area contributed by atoms with Gasteiger partial charge in [0.1, 0.15) is 5.01 Å². The van der Waals surface area contributed by atoms with Gasteiger partial charge in [-0.15, -0.1) is 11.3 Å². The van der Waals surface area contributed by atoms with Crippen molar-refractivity contribution in [2.75, 3.05) is 0 Å². The Balaban J connectivity index is 1.27. The molecule has 184 valence electrons. The van der Waals surface area contributed by atoms with E-state index in [1.54, 1.807) is 17.5 Å². The molecule has 0 saturated heterocycles. The van der Waals surface area contributed by atoms with Gasteiger partial charge in [0.15, 0.2) is 0 Å². The average Bonchev–Trinajstić information content (AvgIpc) is 3.41. The van der Waals surface area contributed by atoms with E-state index in [2.05, 4.69) is 31.1 Å². The molecular weight excluding hydrogens is 432 g/mol. The molecule has 1 aromatic heterocycles. The molecule has 4 aliphatic rings. The molecule has 5 rings (SSSR count). The first-order chi connectivity index (χ1) is 15.7. The molecular formula is C27H42N2O3S. The van der Waals surface area contributed by atoms with Gasteiger partial charge in [-0.1, -0.05) is 20.8 Å². The third kappa shape index (κ3) is 4.08. The Bertz CT molecular complexity index is 846. The van der Waals surface area contributed by atoms with E-state index in [0.29, 0.717) is 48.5 Å². The number of hydrogen-bond donors (Lipinski definition) is 3. The molecule has 3 N–H and O–H groups in total. The van der Waals surface area contributed by atoms with Gasteiger partial charge >= 0.3 is 0 Å². The summed E-state index contributed by atoms with van der Waals surface area (Å²) in [6.45, 7) is 7.74. The van der Waals surface area contributed by atoms with Crippen LogP contribution in [0.4, 0.5) is 0 Å². The van der Waals surface area contributed by atoms with Crippen molar-refractivity contribution in [3.05, 3.63) is 16.6 Å². The summed E-state index contributed by atoms with van der Waals surface area (Å²) in [6, 6.07) is 0. The lowest BCUT2D eigenvalue weighted by atomic mass is 9.43. The van der Waals surface area contributed by atoms with Gasteiger partial charge in [0.05, 0.1) is 18.8 Å². The van der Waals surface area contributed by atoms with Crippen molar-refractivity contribution < 1.29 is 15.0 Å². The molecule has 0 aliphatic heterocycles. The summed E-state index contributed by atoms with van der Waals surface area (Å²) in [5.74, 6) is 3.00. The summed E-state index contributed by atoms with van der Waals surface area (Å²) in [7, 11) is 0. The smallest absolute Gasteiger partial charge is 0.220 e. The summed E-state index contributed by atoms with van der Waals surface area (Å²) in [6.07, 6.45) is 10.5. The fourth-order valence-electron chi connectivity index (χ4n) is 9.20. The summed E-state index contributed by atoms with van der Waals surface area (Å²) in [5, 5.41) is 27.6. The maximum atomic E-state index is 12.7. The molecule has 0 unspecified atom stereocenters. The molecule has 33 heavy (non-hydrogen) atoms. The molecule has 5 nitrogen and oxygen atoms in total. The number of carbonyl (C=O) groups excluding carboxylic acids is 1. The molecule has 1 heterocycles. The van der Waals surface area contributed by atoms with Crippen LogP contribution < -0.4 is 5.32 Å². The number of aliphatic hydroxyl groups excluding tert-OH is 2. The number of rotatable bonds is 5. The van der Waals surface area contributed by atoms with Crippen LogP contribution >= 0.6 is 11.3 Å². The Morgan fingerprint density at radius 3 is 2.67 bits per heavy atom. The Morgan fingerprint density at radius 1 is 1.15 bits per heavy atom. The van der Waals surface area contributed by atoms with E-state index in [1.165, 1.54) is 25.7 Å². The number of fused-ring (bicyclic) bond motifs is 5. The van der Waals surface area contributed by atoms with Gasteiger partial charge in [0, 0.05) is 18.0 Å². The van der Waals surface area contributed by atoms with Crippen molar-refractivity contribution >= 4 is 17.2 Å². The van der Waals surface area contributed by atoms with Gasteiger partial charge in [-0.25, -0.2) is 4.98 Å². The fraction of sp³-hybridized carbons (Fsp3) is 0.852. The molecule has 0 radical (unpaired) electrons. The highest BCUT2D eigenvalue weighted by atomic mass is 32.1. The standard InChI is InChI=1S/C27H42N2O3S/c1-16(12-23(32)29-15-24-28-10-11-33-24)19-4-5-20-25-21(7-9-27(19,20)3)26(2)8-6-18(30)13-17(26)14-22(25)31/h10-11,16-22,25,30-31H,4-9,12-15H2,1-3H3,(H,29,32)/t16-,17+,18-,19-,20+,21+,22-,25+,26+,27-/m1/s1. The molecule has 0 aromatic carbocycles. The van der Waals surface area contributed by atoms with Gasteiger partial charge < -0.3 is 15.5 Å². The molecule has 4 aliphatic carbocycles. The van der Waals surface area contributed by atoms with Gasteiger partial charge in [0.25, 0.3) is 0 Å². The van der Waals surface area contributed by atoms with Crippen LogP contribution in [0, 0.1) is 46.3 Å². The van der Waals surface area contributed by atoms with Crippen LogP contribution in [0.25, 0.3) is 0 Å². The van der Waals surface area contributed by atoms with Crippen molar-refractivity contribution in [3.8, 4) is 0 Å². The predicted molar refractivity (Wildman–Crippen MR) is 130 cm³/mol. The Morgan fingerprint density at radius 2 is 1.91 bits per heavy atom. The first-order valence-corrected chi connectivity index (χ1v) is 14.1. The van der Waals surface area contributed by atoms with E-state index in [-0.39, 0.29) is 28.9 Å². The maximum absolute atomic E-state index is 12.7. The zero-order chi connectivity index (χ0) is 23.4. The van der Waals surface area contributed by atoms with Crippen LogP contribution in [0.3, 0.4) is 0 Å². The minimum Gasteiger partial charge on any atom is -0.393 e. The second-order valence-electron chi connectivity index (χ2n) is 12.3. The molecule has 4 saturated carbocycles. The van der Waals surface area contributed by atoms with Crippen molar-refractivity contribution in [1.82, 2.24) is 10.3 Å². The summed E-state index contributed by atoms with van der Waals surface area (Å²) < 4.78 is 0. The van der Waals surface area contributed by atoms with Gasteiger partial charge in [-0.3, -0.25) is 4.79 Å². The Hall–Kier alpha value is -0.980. The summed E-state index contributed by atoms with van der Waals surface area (Å²) in [5.41, 5.74) is 0.485. The lowest BCUT2D eigenvalue weighted by Crippen LogP contribution is -2.58. The second kappa shape index (κ2) is 8.91. The molecule has 1 aromatic rings. The molecule has 6 heteroatoms. The number of aliphatic hydroxyl groups is 2. The highest BCUT2D eigenvalue weighted by Gasteiger charge is 2.62. The SMILES string of the molecule is C[C@H](CC(=O)NCc1nccs1)[C@H]1CC[C@H]2[C@@H]3[C@H](O)C[C@@H]4C[C@H](O)CC[C@]4(C)[C@H]3CC[C@]12C. The highest BCUT2D eigenvalue weighted by molar-refractivity contribution is 7.09. The lowest BCUT2D eigenvalue weighted by Gasteiger charge is -2.62. The fourth-order valence-corrected chi connectivity index (χ4v) is 9.75. The van der Waals surface area contributed by atoms with Crippen LogP contribution in [0.1, 0.15) is 83.6 Å². The van der Waals surface area contributed by atoms with E-state index >= 15 is 0 Å². The lowest BCUT2D eigenvalue weighted by molar-refractivity contribution is -0.174. The van der Waals surface area contributed by atoms with Gasteiger partial charge in [0.2, 0.25) is 5.91 Å². The zero-order valence-electron chi connectivity index (χ0n) is 20.5. The highest BCUT2D eigenvalue weighted by Crippen LogP contribution is 2.68. The number of nitrogens with zero attached hydrogens (tertiary/aromatic N) is 1. The van der Waals surface area contributed by atoms with Crippen molar-refractivity contribution in [1.29, 1.82) is 0 Å². The predicted octanol–water partition coefficient (Wildman–Crippen LogP) is 4.78. The number of hydrogen-bond acceptors (Lipinski definition) is 5. The van der Waals surface area contributed by atoms with Crippen LogP contribution in [-0.2, 0) is 11.3 Å². The van der Waals surface area contributed by atoms with Crippen LogP contribution in [-0.4, -0.2) is 33.3 Å². The van der Waals surface area contributed by atoms with E-state index < -0.39 is 0 Å². The third-order valence-electron chi connectivity index (χ3n) is 10.8. The minimum atomic E-state index is -0.237.